The van der Waals surface area contributed by atoms with Crippen LogP contribution in [-0.4, -0.2) is 20.5 Å². The lowest BCUT2D eigenvalue weighted by Gasteiger charge is -2.35. The molecule has 0 aromatic rings. The number of nitrogens with one attached hydrogen (secondary N) is 1. The Kier molecular flexibility index (Phi) is 2.78. The van der Waals surface area contributed by atoms with Gasteiger partial charge in [-0.25, -0.2) is 0 Å². The van der Waals surface area contributed by atoms with Gasteiger partial charge < -0.3 is 5.32 Å². The third-order valence-electron chi connectivity index (χ3n) is 2.68. The first-order valence-electron chi connectivity index (χ1n) is 4.21. The Morgan fingerprint density at radius 3 is 1.40 bits per heavy atom. The zero-order valence-electron chi connectivity index (χ0n) is 6.47. The molecule has 2 aliphatic carbocycles. The lowest BCUT2D eigenvalue weighted by molar-refractivity contribution is 0.243. The predicted octanol–water partition coefficient (Wildman–Crippen LogP) is 1.30. The van der Waals surface area contributed by atoms with Crippen LogP contribution in [-0.2, 0) is 0 Å². The smallest absolute Gasteiger partial charge is 0.00696 e. The minimum Gasteiger partial charge on any atom is -0.311 e. The molecule has 55 valence electrons. The summed E-state index contributed by atoms with van der Waals surface area (Å²) in [7, 11) is 0. The van der Waals surface area contributed by atoms with Crippen LogP contribution >= 0.6 is 0 Å². The maximum atomic E-state index is 3.65. The van der Waals surface area contributed by atoms with E-state index in [0.29, 0.717) is 0 Å². The van der Waals surface area contributed by atoms with Gasteiger partial charge in [0.15, 0.2) is 0 Å². The van der Waals surface area contributed by atoms with Gasteiger partial charge in [-0.15, -0.1) is 0 Å². The highest BCUT2D eigenvalue weighted by Crippen LogP contribution is 2.24. The molecule has 2 rings (SSSR count). The summed E-state index contributed by atoms with van der Waals surface area (Å²) < 4.78 is 0. The Labute approximate surface area is 65.2 Å². The molecule has 2 aliphatic rings. The van der Waals surface area contributed by atoms with Crippen LogP contribution < -0.4 is 5.32 Å². The van der Waals surface area contributed by atoms with Crippen LogP contribution in [0, 0.1) is 0 Å². The molecule has 0 unspecified atom stereocenters. The summed E-state index contributed by atoms with van der Waals surface area (Å²) >= 11 is 0. The van der Waals surface area contributed by atoms with Crippen molar-refractivity contribution in [2.24, 2.45) is 0 Å². The topological polar surface area (TPSA) is 12.0 Å². The van der Waals surface area contributed by atoms with Crippen LogP contribution in [0.4, 0.5) is 0 Å². The minimum absolute atomic E-state index is 0. The van der Waals surface area contributed by atoms with Crippen molar-refractivity contribution in [2.45, 2.75) is 50.6 Å². The SMILES string of the molecule is C1CC(NC2CCC2)C1.[B]. The van der Waals surface area contributed by atoms with Gasteiger partial charge in [-0.3, -0.25) is 0 Å². The molecular weight excluding hydrogens is 121 g/mol. The summed E-state index contributed by atoms with van der Waals surface area (Å²) in [6, 6.07) is 1.82. The highest BCUT2D eigenvalue weighted by atomic mass is 15.0. The van der Waals surface area contributed by atoms with E-state index < -0.39 is 0 Å². The molecule has 0 aliphatic heterocycles. The summed E-state index contributed by atoms with van der Waals surface area (Å²) in [6.07, 6.45) is 8.69. The fraction of sp³-hybridized carbons (Fsp3) is 1.00. The van der Waals surface area contributed by atoms with E-state index in [1.165, 1.54) is 38.5 Å². The fourth-order valence-corrected chi connectivity index (χ4v) is 1.48. The van der Waals surface area contributed by atoms with E-state index >= 15 is 0 Å². The van der Waals surface area contributed by atoms with E-state index in [0.717, 1.165) is 12.1 Å². The molecule has 0 aromatic heterocycles. The Morgan fingerprint density at radius 1 is 0.800 bits per heavy atom. The van der Waals surface area contributed by atoms with E-state index in [2.05, 4.69) is 5.32 Å². The molecule has 10 heavy (non-hydrogen) atoms. The van der Waals surface area contributed by atoms with E-state index in [9.17, 15) is 0 Å². The molecule has 2 heteroatoms. The minimum atomic E-state index is 0. The summed E-state index contributed by atoms with van der Waals surface area (Å²) in [6.45, 7) is 0. The number of hydrogen-bond donors (Lipinski definition) is 1. The van der Waals surface area contributed by atoms with Gasteiger partial charge in [0.2, 0.25) is 0 Å². The third-order valence-corrected chi connectivity index (χ3v) is 2.68. The Hall–Kier alpha value is 0.0249. The molecule has 0 heterocycles. The maximum absolute atomic E-state index is 3.65. The van der Waals surface area contributed by atoms with Crippen LogP contribution in [0.25, 0.3) is 0 Å². The van der Waals surface area contributed by atoms with Crippen molar-refractivity contribution in [3.8, 4) is 0 Å². The van der Waals surface area contributed by atoms with Gasteiger partial charge in [0.25, 0.3) is 0 Å². The molecule has 1 N–H and O–H groups in total. The summed E-state index contributed by atoms with van der Waals surface area (Å²) in [5.41, 5.74) is 0. The molecule has 3 radical (unpaired) electrons. The van der Waals surface area contributed by atoms with Crippen LogP contribution in [0.5, 0.6) is 0 Å². The molecule has 0 spiro atoms. The zero-order chi connectivity index (χ0) is 6.10. The quantitative estimate of drug-likeness (QED) is 0.564. The van der Waals surface area contributed by atoms with Crippen molar-refractivity contribution >= 4 is 8.41 Å². The van der Waals surface area contributed by atoms with Gasteiger partial charge in [0, 0.05) is 20.5 Å². The normalized spacial score (nSPS) is 26.4. The summed E-state index contributed by atoms with van der Waals surface area (Å²) in [5, 5.41) is 3.65. The lowest BCUT2D eigenvalue weighted by Crippen LogP contribution is -2.45. The van der Waals surface area contributed by atoms with Gasteiger partial charge in [0.1, 0.15) is 0 Å². The van der Waals surface area contributed by atoms with Crippen LogP contribution in [0.1, 0.15) is 38.5 Å². The highest BCUT2D eigenvalue weighted by molar-refractivity contribution is 5.75. The Morgan fingerprint density at radius 2 is 1.20 bits per heavy atom. The summed E-state index contributed by atoms with van der Waals surface area (Å²) in [5.74, 6) is 0. The van der Waals surface area contributed by atoms with E-state index in [-0.39, 0.29) is 8.41 Å². The van der Waals surface area contributed by atoms with Crippen LogP contribution in [0.3, 0.4) is 0 Å². The second-order valence-electron chi connectivity index (χ2n) is 3.42. The van der Waals surface area contributed by atoms with Crippen molar-refractivity contribution in [3.63, 3.8) is 0 Å². The standard InChI is InChI=1S/C8H15N.B/c1-3-7(4-1)9-8-5-2-6-8;/h7-9H,1-6H2;. The molecule has 2 saturated carbocycles. The first-order chi connectivity index (χ1) is 4.45. The van der Waals surface area contributed by atoms with Crippen molar-refractivity contribution in [1.29, 1.82) is 0 Å². The summed E-state index contributed by atoms with van der Waals surface area (Å²) in [4.78, 5) is 0. The van der Waals surface area contributed by atoms with Crippen molar-refractivity contribution < 1.29 is 0 Å². The van der Waals surface area contributed by atoms with E-state index in [4.69, 9.17) is 0 Å². The Bertz CT molecular complexity index is 85.4. The fourth-order valence-electron chi connectivity index (χ4n) is 1.48. The number of hydrogen-bond acceptors (Lipinski definition) is 1. The second kappa shape index (κ2) is 3.43. The van der Waals surface area contributed by atoms with Crippen LogP contribution in [0.15, 0.2) is 0 Å². The monoisotopic (exact) mass is 136 g/mol. The first kappa shape index (κ1) is 8.12. The molecule has 0 aromatic carbocycles. The van der Waals surface area contributed by atoms with Gasteiger partial charge in [0.05, 0.1) is 0 Å². The van der Waals surface area contributed by atoms with Gasteiger partial charge in [-0.2, -0.15) is 0 Å². The third kappa shape index (κ3) is 1.54. The molecule has 0 amide bonds. The van der Waals surface area contributed by atoms with E-state index in [1.54, 1.807) is 0 Å². The molecule has 1 nitrogen and oxygen atoms in total. The maximum Gasteiger partial charge on any atom is 0.00696 e. The highest BCUT2D eigenvalue weighted by Gasteiger charge is 2.24. The van der Waals surface area contributed by atoms with Crippen molar-refractivity contribution in [1.82, 2.24) is 5.32 Å². The zero-order valence-corrected chi connectivity index (χ0v) is 6.47. The average molecular weight is 136 g/mol. The second-order valence-corrected chi connectivity index (χ2v) is 3.42. The lowest BCUT2D eigenvalue weighted by atomic mass is 9.87. The van der Waals surface area contributed by atoms with Gasteiger partial charge in [-0.1, -0.05) is 12.8 Å². The molecule has 0 atom stereocenters. The van der Waals surface area contributed by atoms with Gasteiger partial charge in [-0.05, 0) is 25.7 Å². The van der Waals surface area contributed by atoms with Crippen molar-refractivity contribution in [3.05, 3.63) is 0 Å². The van der Waals surface area contributed by atoms with Crippen molar-refractivity contribution in [2.75, 3.05) is 0 Å². The molecular formula is C8H15BN. The van der Waals surface area contributed by atoms with Gasteiger partial charge >= 0.3 is 0 Å². The Balaban J connectivity index is 0.000000500. The van der Waals surface area contributed by atoms with E-state index in [1.807, 2.05) is 0 Å². The average Bonchev–Trinajstić information content (AvgIpc) is 1.57. The first-order valence-corrected chi connectivity index (χ1v) is 4.21. The van der Waals surface area contributed by atoms with Crippen LogP contribution in [0.2, 0.25) is 0 Å². The largest absolute Gasteiger partial charge is 0.311 e. The number of rotatable bonds is 2. The molecule has 0 saturated heterocycles. The molecule has 2 fully saturated rings. The predicted molar refractivity (Wildman–Crippen MR) is 44.2 cm³/mol. The molecule has 0 bridgehead atoms.